The van der Waals surface area contributed by atoms with Gasteiger partial charge in [0.1, 0.15) is 11.4 Å². The first kappa shape index (κ1) is 11.2. The maximum Gasteiger partial charge on any atom is 0.235 e. The van der Waals surface area contributed by atoms with Gasteiger partial charge in [0.05, 0.1) is 11.0 Å². The van der Waals surface area contributed by atoms with Crippen LogP contribution in [-0.4, -0.2) is 16.0 Å². The molecule has 92 valence electrons. The molecule has 1 fully saturated rings. The first-order chi connectivity index (χ1) is 8.75. The van der Waals surface area contributed by atoms with E-state index in [0.717, 1.165) is 48.1 Å². The Morgan fingerprint density at radius 1 is 1.39 bits per heavy atom. The lowest BCUT2D eigenvalue weighted by Crippen LogP contribution is -2.19. The maximum absolute atomic E-state index is 10.8. The van der Waals surface area contributed by atoms with E-state index in [-0.39, 0.29) is 0 Å². The van der Waals surface area contributed by atoms with Gasteiger partial charge < -0.3 is 4.98 Å². The van der Waals surface area contributed by atoms with Crippen molar-refractivity contribution in [3.8, 4) is 0 Å². The number of aromatic nitrogens is 2. The second-order valence-electron chi connectivity index (χ2n) is 4.97. The Kier molecular flexibility index (Phi) is 2.53. The molecule has 0 amide bonds. The summed E-state index contributed by atoms with van der Waals surface area (Å²) in [4.78, 5) is 22.7. The van der Waals surface area contributed by atoms with Crippen LogP contribution in [0.25, 0.3) is 11.0 Å². The molecule has 0 radical (unpaired) electrons. The lowest BCUT2D eigenvalue weighted by atomic mass is 9.88. The van der Waals surface area contributed by atoms with Gasteiger partial charge in [0.25, 0.3) is 0 Å². The van der Waals surface area contributed by atoms with Gasteiger partial charge in [0.15, 0.2) is 0 Å². The first-order valence-corrected chi connectivity index (χ1v) is 6.30. The largest absolute Gasteiger partial charge is 0.342 e. The number of aryl methyl sites for hydroxylation is 1. The number of rotatable bonds is 2. The SMILES string of the molecule is Cc1nc2c(C3(N=C=O)CCCC3)cccc2[nH]1. The number of nitrogens with one attached hydrogen (secondary N) is 1. The van der Waals surface area contributed by atoms with Gasteiger partial charge in [-0.2, -0.15) is 4.99 Å². The normalized spacial score (nSPS) is 17.8. The molecule has 1 aliphatic rings. The van der Waals surface area contributed by atoms with E-state index in [1.165, 1.54) is 0 Å². The molecule has 0 atom stereocenters. The molecule has 0 saturated heterocycles. The van der Waals surface area contributed by atoms with Crippen molar-refractivity contribution in [2.75, 3.05) is 0 Å². The van der Waals surface area contributed by atoms with Crippen LogP contribution in [-0.2, 0) is 10.3 Å². The number of para-hydroxylation sites is 1. The second-order valence-corrected chi connectivity index (χ2v) is 4.97. The van der Waals surface area contributed by atoms with E-state index in [1.54, 1.807) is 6.08 Å². The molecule has 0 bridgehead atoms. The monoisotopic (exact) mass is 241 g/mol. The summed E-state index contributed by atoms with van der Waals surface area (Å²) in [6.45, 7) is 1.94. The number of imidazole rings is 1. The molecule has 4 nitrogen and oxygen atoms in total. The van der Waals surface area contributed by atoms with Crippen LogP contribution < -0.4 is 0 Å². The number of isocyanates is 1. The number of fused-ring (bicyclic) bond motifs is 1. The molecule has 2 aromatic rings. The van der Waals surface area contributed by atoms with Crippen LogP contribution in [0.5, 0.6) is 0 Å². The minimum Gasteiger partial charge on any atom is -0.342 e. The Hall–Kier alpha value is -1.93. The quantitative estimate of drug-likeness (QED) is 0.649. The highest BCUT2D eigenvalue weighted by atomic mass is 16.1. The topological polar surface area (TPSA) is 58.1 Å². The van der Waals surface area contributed by atoms with Crippen molar-refractivity contribution in [1.82, 2.24) is 9.97 Å². The summed E-state index contributed by atoms with van der Waals surface area (Å²) < 4.78 is 0. The molecule has 1 aliphatic carbocycles. The van der Waals surface area contributed by atoms with Crippen LogP contribution in [0, 0.1) is 6.92 Å². The fourth-order valence-electron chi connectivity index (χ4n) is 3.02. The number of nitrogens with zero attached hydrogens (tertiary/aromatic N) is 2. The summed E-state index contributed by atoms with van der Waals surface area (Å²) >= 11 is 0. The van der Waals surface area contributed by atoms with E-state index < -0.39 is 5.54 Å². The number of H-pyrrole nitrogens is 1. The summed E-state index contributed by atoms with van der Waals surface area (Å²) in [5, 5.41) is 0. The van der Waals surface area contributed by atoms with Gasteiger partial charge in [-0.1, -0.05) is 25.0 Å². The molecule has 0 spiro atoms. The highest BCUT2D eigenvalue weighted by Crippen LogP contribution is 2.44. The highest BCUT2D eigenvalue weighted by Gasteiger charge is 2.37. The predicted octanol–water partition coefficient (Wildman–Crippen LogP) is 2.98. The average molecular weight is 241 g/mol. The zero-order valence-electron chi connectivity index (χ0n) is 10.4. The summed E-state index contributed by atoms with van der Waals surface area (Å²) in [5.41, 5.74) is 2.61. The fraction of sp³-hybridized carbons (Fsp3) is 0.429. The smallest absolute Gasteiger partial charge is 0.235 e. The molecule has 0 aliphatic heterocycles. The van der Waals surface area contributed by atoms with Gasteiger partial charge in [-0.3, -0.25) is 0 Å². The second kappa shape index (κ2) is 4.07. The van der Waals surface area contributed by atoms with Crippen molar-refractivity contribution in [3.63, 3.8) is 0 Å². The minimum atomic E-state index is -0.400. The van der Waals surface area contributed by atoms with Gasteiger partial charge in [-0.05, 0) is 25.8 Å². The number of hydrogen-bond donors (Lipinski definition) is 1. The Morgan fingerprint density at radius 3 is 2.89 bits per heavy atom. The number of aromatic amines is 1. The minimum absolute atomic E-state index is 0.400. The third kappa shape index (κ3) is 1.57. The van der Waals surface area contributed by atoms with Crippen LogP contribution in [0.15, 0.2) is 23.2 Å². The molecule has 4 heteroatoms. The van der Waals surface area contributed by atoms with Crippen molar-refractivity contribution >= 4 is 17.1 Å². The Labute approximate surface area is 105 Å². The predicted molar refractivity (Wildman–Crippen MR) is 69.1 cm³/mol. The molecule has 1 aromatic carbocycles. The molecule has 18 heavy (non-hydrogen) atoms. The third-order valence-electron chi connectivity index (χ3n) is 3.82. The zero-order valence-corrected chi connectivity index (χ0v) is 10.4. The molecule has 0 unspecified atom stereocenters. The lowest BCUT2D eigenvalue weighted by Gasteiger charge is -2.22. The number of hydrogen-bond acceptors (Lipinski definition) is 3. The zero-order chi connectivity index (χ0) is 12.6. The van der Waals surface area contributed by atoms with Gasteiger partial charge >= 0.3 is 0 Å². The molecule has 1 N–H and O–H groups in total. The third-order valence-corrected chi connectivity index (χ3v) is 3.82. The summed E-state index contributed by atoms with van der Waals surface area (Å²) in [6.07, 6.45) is 5.78. The Morgan fingerprint density at radius 2 is 2.17 bits per heavy atom. The molecular formula is C14H15N3O. The van der Waals surface area contributed by atoms with Gasteiger partial charge in [-0.25, -0.2) is 9.78 Å². The maximum atomic E-state index is 10.8. The van der Waals surface area contributed by atoms with Crippen molar-refractivity contribution in [2.24, 2.45) is 4.99 Å². The molecule has 3 rings (SSSR count). The van der Waals surface area contributed by atoms with E-state index in [4.69, 9.17) is 0 Å². The van der Waals surface area contributed by atoms with Gasteiger partial charge in [0.2, 0.25) is 6.08 Å². The first-order valence-electron chi connectivity index (χ1n) is 6.30. The van der Waals surface area contributed by atoms with Crippen molar-refractivity contribution < 1.29 is 4.79 Å². The molecule has 1 saturated carbocycles. The summed E-state index contributed by atoms with van der Waals surface area (Å²) in [7, 11) is 0. The average Bonchev–Trinajstić information content (AvgIpc) is 2.94. The van der Waals surface area contributed by atoms with E-state index in [0.29, 0.717) is 0 Å². The highest BCUT2D eigenvalue weighted by molar-refractivity contribution is 5.80. The number of carbonyl (C=O) groups excluding carboxylic acids is 1. The van der Waals surface area contributed by atoms with Crippen LogP contribution in [0.2, 0.25) is 0 Å². The Bertz CT molecular complexity index is 632. The summed E-state index contributed by atoms with van der Waals surface area (Å²) in [5.74, 6) is 0.890. The van der Waals surface area contributed by atoms with E-state index in [1.807, 2.05) is 25.1 Å². The lowest BCUT2D eigenvalue weighted by molar-refractivity contribution is 0.459. The van der Waals surface area contributed by atoms with Crippen LogP contribution in [0.4, 0.5) is 0 Å². The van der Waals surface area contributed by atoms with Crippen molar-refractivity contribution in [1.29, 1.82) is 0 Å². The molecular weight excluding hydrogens is 226 g/mol. The number of aliphatic imine (C=N–C) groups is 1. The Balaban J connectivity index is 2.26. The van der Waals surface area contributed by atoms with Crippen LogP contribution >= 0.6 is 0 Å². The van der Waals surface area contributed by atoms with Gasteiger partial charge in [-0.15, -0.1) is 0 Å². The molecule has 1 aromatic heterocycles. The molecule has 1 heterocycles. The number of benzene rings is 1. The standard InChI is InChI=1S/C14H15N3O/c1-10-16-12-6-4-5-11(13(12)17-10)14(15-9-18)7-2-3-8-14/h4-6H,2-3,7-8H2,1H3,(H,16,17). The van der Waals surface area contributed by atoms with E-state index in [2.05, 4.69) is 15.0 Å². The van der Waals surface area contributed by atoms with E-state index >= 15 is 0 Å². The van der Waals surface area contributed by atoms with Crippen LogP contribution in [0.3, 0.4) is 0 Å². The van der Waals surface area contributed by atoms with E-state index in [9.17, 15) is 4.79 Å². The van der Waals surface area contributed by atoms with Crippen LogP contribution in [0.1, 0.15) is 37.1 Å². The fourth-order valence-corrected chi connectivity index (χ4v) is 3.02. The van der Waals surface area contributed by atoms with Gasteiger partial charge in [0, 0.05) is 5.56 Å². The van der Waals surface area contributed by atoms with Crippen molar-refractivity contribution in [3.05, 3.63) is 29.6 Å². The summed E-state index contributed by atoms with van der Waals surface area (Å²) in [6, 6.07) is 6.04. The van der Waals surface area contributed by atoms with Crippen molar-refractivity contribution in [2.45, 2.75) is 38.1 Å².